The Hall–Kier alpha value is -1.70. The molecule has 1 aliphatic rings. The molecule has 3 N–H and O–H groups in total. The molecule has 1 fully saturated rings. The number of nitro groups is 1. The monoisotopic (exact) mass is 294 g/mol. The van der Waals surface area contributed by atoms with Crippen LogP contribution in [0, 0.1) is 10.1 Å². The molecule has 2 rings (SSSR count). The number of likely N-dealkylation sites (tertiary alicyclic amines) is 1. The Morgan fingerprint density at radius 1 is 1.57 bits per heavy atom. The number of nitrogens with zero attached hydrogens (tertiary/aromatic N) is 2. The highest BCUT2D eigenvalue weighted by Gasteiger charge is 2.31. The lowest BCUT2D eigenvalue weighted by Crippen LogP contribution is -2.46. The molecule has 0 aliphatic carbocycles. The molecule has 0 spiro atoms. The lowest BCUT2D eigenvalue weighted by Gasteiger charge is -2.39. The van der Waals surface area contributed by atoms with Crippen molar-refractivity contribution in [2.24, 2.45) is 5.84 Å². The summed E-state index contributed by atoms with van der Waals surface area (Å²) in [7, 11) is 1.73. The number of benzene rings is 1. The first-order valence-corrected chi connectivity index (χ1v) is 6.99. The maximum absolute atomic E-state index is 10.9. The fraction of sp³-hybridized carbons (Fsp3) is 0.571. The predicted molar refractivity (Wildman–Crippen MR) is 80.8 cm³/mol. The molecular formula is C14H22N4O3. The molecule has 7 heteroatoms. The average Bonchev–Trinajstić information content (AvgIpc) is 2.47. The number of hydrogen-bond acceptors (Lipinski definition) is 6. The number of nitro benzene ring substituents is 1. The van der Waals surface area contributed by atoms with Crippen LogP contribution in [0.15, 0.2) is 18.2 Å². The van der Waals surface area contributed by atoms with E-state index in [9.17, 15) is 10.1 Å². The van der Waals surface area contributed by atoms with Crippen molar-refractivity contribution in [1.29, 1.82) is 0 Å². The van der Waals surface area contributed by atoms with Crippen LogP contribution in [0.2, 0.25) is 0 Å². The van der Waals surface area contributed by atoms with Crippen molar-refractivity contribution in [2.75, 3.05) is 25.6 Å². The van der Waals surface area contributed by atoms with Gasteiger partial charge in [0.2, 0.25) is 0 Å². The van der Waals surface area contributed by atoms with Crippen molar-refractivity contribution in [3.63, 3.8) is 0 Å². The molecule has 116 valence electrons. The third kappa shape index (κ3) is 3.69. The molecule has 0 aromatic heterocycles. The predicted octanol–water partition coefficient (Wildman–Crippen LogP) is 1.88. The number of piperidine rings is 1. The normalized spacial score (nSPS) is 23.0. The van der Waals surface area contributed by atoms with Crippen LogP contribution in [0.5, 0.6) is 0 Å². The zero-order valence-corrected chi connectivity index (χ0v) is 12.5. The van der Waals surface area contributed by atoms with Gasteiger partial charge in [0.05, 0.1) is 16.2 Å². The SMILES string of the molecule is COC1(C)CCCN(Cc2cc([N+](=O)[O-])ccc2NN)C1. The Bertz CT molecular complexity index is 523. The van der Waals surface area contributed by atoms with E-state index in [1.165, 1.54) is 6.07 Å². The van der Waals surface area contributed by atoms with E-state index in [4.69, 9.17) is 10.6 Å². The van der Waals surface area contributed by atoms with Gasteiger partial charge in [-0.1, -0.05) is 0 Å². The summed E-state index contributed by atoms with van der Waals surface area (Å²) < 4.78 is 5.57. The third-order valence-electron chi connectivity index (χ3n) is 4.08. The molecule has 21 heavy (non-hydrogen) atoms. The van der Waals surface area contributed by atoms with Gasteiger partial charge in [-0.15, -0.1) is 0 Å². The fourth-order valence-corrected chi connectivity index (χ4v) is 2.82. The molecule has 1 atom stereocenters. The number of hydrogen-bond donors (Lipinski definition) is 2. The zero-order valence-electron chi connectivity index (χ0n) is 12.5. The van der Waals surface area contributed by atoms with E-state index in [0.717, 1.165) is 31.5 Å². The van der Waals surface area contributed by atoms with Crippen LogP contribution < -0.4 is 11.3 Å². The first-order valence-electron chi connectivity index (χ1n) is 6.99. The summed E-state index contributed by atoms with van der Waals surface area (Å²) in [5.41, 5.74) is 4.07. The van der Waals surface area contributed by atoms with E-state index < -0.39 is 0 Å². The highest BCUT2D eigenvalue weighted by atomic mass is 16.6. The summed E-state index contributed by atoms with van der Waals surface area (Å²) in [6, 6.07) is 4.68. The van der Waals surface area contributed by atoms with Crippen LogP contribution in [-0.4, -0.2) is 35.6 Å². The summed E-state index contributed by atoms with van der Waals surface area (Å²) in [5.74, 6) is 5.50. The van der Waals surface area contributed by atoms with Gasteiger partial charge >= 0.3 is 0 Å². The van der Waals surface area contributed by atoms with Crippen LogP contribution in [0.25, 0.3) is 0 Å². The fourth-order valence-electron chi connectivity index (χ4n) is 2.82. The standard InChI is InChI=1S/C14H22N4O3/c1-14(21-2)6-3-7-17(10-14)9-11-8-12(18(19)20)4-5-13(11)16-15/h4-5,8,16H,3,6-7,9-10,15H2,1-2H3. The van der Waals surface area contributed by atoms with Gasteiger partial charge in [-0.25, -0.2) is 0 Å². The van der Waals surface area contributed by atoms with Crippen molar-refractivity contribution in [3.8, 4) is 0 Å². The lowest BCUT2D eigenvalue weighted by molar-refractivity contribution is -0.384. The maximum atomic E-state index is 10.9. The molecule has 1 aromatic carbocycles. The quantitative estimate of drug-likeness (QED) is 0.489. The van der Waals surface area contributed by atoms with Crippen molar-refractivity contribution >= 4 is 11.4 Å². The number of anilines is 1. The molecule has 0 radical (unpaired) electrons. The number of rotatable bonds is 5. The maximum Gasteiger partial charge on any atom is 0.269 e. The van der Waals surface area contributed by atoms with E-state index in [0.29, 0.717) is 12.2 Å². The van der Waals surface area contributed by atoms with Gasteiger partial charge in [0.1, 0.15) is 0 Å². The topological polar surface area (TPSA) is 93.7 Å². The van der Waals surface area contributed by atoms with Gasteiger partial charge in [-0.2, -0.15) is 0 Å². The number of nitrogen functional groups attached to an aromatic ring is 1. The zero-order chi connectivity index (χ0) is 15.5. The smallest absolute Gasteiger partial charge is 0.269 e. The van der Waals surface area contributed by atoms with E-state index >= 15 is 0 Å². The van der Waals surface area contributed by atoms with E-state index in [1.807, 2.05) is 0 Å². The number of hydrazine groups is 1. The first-order chi connectivity index (χ1) is 9.97. The molecule has 0 amide bonds. The summed E-state index contributed by atoms with van der Waals surface area (Å²) in [6.45, 7) is 4.46. The van der Waals surface area contributed by atoms with Gasteiger partial charge in [0.25, 0.3) is 5.69 Å². The molecule has 1 aliphatic heterocycles. The van der Waals surface area contributed by atoms with Gasteiger partial charge < -0.3 is 10.2 Å². The lowest BCUT2D eigenvalue weighted by atomic mass is 9.94. The van der Waals surface area contributed by atoms with Gasteiger partial charge in [0.15, 0.2) is 0 Å². The molecule has 1 heterocycles. The van der Waals surface area contributed by atoms with Gasteiger partial charge in [0, 0.05) is 32.3 Å². The Balaban J connectivity index is 2.18. The Morgan fingerprint density at radius 2 is 2.33 bits per heavy atom. The van der Waals surface area contributed by atoms with Crippen molar-refractivity contribution in [3.05, 3.63) is 33.9 Å². The number of methoxy groups -OCH3 is 1. The molecular weight excluding hydrogens is 272 g/mol. The molecule has 0 bridgehead atoms. The summed E-state index contributed by atoms with van der Waals surface area (Å²) in [4.78, 5) is 12.8. The minimum absolute atomic E-state index is 0.0792. The molecule has 0 saturated carbocycles. The minimum atomic E-state index is -0.390. The highest BCUT2D eigenvalue weighted by molar-refractivity contribution is 5.55. The molecule has 7 nitrogen and oxygen atoms in total. The third-order valence-corrected chi connectivity index (χ3v) is 4.08. The number of non-ortho nitro benzene ring substituents is 1. The number of nitrogens with two attached hydrogens (primary N) is 1. The van der Waals surface area contributed by atoms with Crippen LogP contribution >= 0.6 is 0 Å². The van der Waals surface area contributed by atoms with Crippen LogP contribution in [0.3, 0.4) is 0 Å². The number of nitrogens with one attached hydrogen (secondary N) is 1. The van der Waals surface area contributed by atoms with Crippen molar-refractivity contribution < 1.29 is 9.66 Å². The minimum Gasteiger partial charge on any atom is -0.377 e. The molecule has 1 unspecified atom stereocenters. The second kappa shape index (κ2) is 6.38. The summed E-state index contributed by atoms with van der Waals surface area (Å²) >= 11 is 0. The van der Waals surface area contributed by atoms with Gasteiger partial charge in [-0.05, 0) is 37.9 Å². The molecule has 1 saturated heterocycles. The van der Waals surface area contributed by atoms with Crippen molar-refractivity contribution in [2.45, 2.75) is 31.9 Å². The Labute approximate surface area is 124 Å². The molecule has 1 aromatic rings. The van der Waals surface area contributed by atoms with E-state index in [1.54, 1.807) is 19.2 Å². The number of ether oxygens (including phenoxy) is 1. The average molecular weight is 294 g/mol. The van der Waals surface area contributed by atoms with Gasteiger partial charge in [-0.3, -0.25) is 20.9 Å². The van der Waals surface area contributed by atoms with E-state index in [2.05, 4.69) is 17.2 Å². The first kappa shape index (κ1) is 15.7. The largest absolute Gasteiger partial charge is 0.377 e. The van der Waals surface area contributed by atoms with E-state index in [-0.39, 0.29) is 16.2 Å². The van der Waals surface area contributed by atoms with Crippen LogP contribution in [0.1, 0.15) is 25.3 Å². The van der Waals surface area contributed by atoms with Crippen LogP contribution in [0.4, 0.5) is 11.4 Å². The Kier molecular flexibility index (Phi) is 4.76. The van der Waals surface area contributed by atoms with Crippen molar-refractivity contribution in [1.82, 2.24) is 4.90 Å². The van der Waals surface area contributed by atoms with Crippen LogP contribution in [-0.2, 0) is 11.3 Å². The summed E-state index contributed by atoms with van der Waals surface area (Å²) in [5, 5.41) is 10.9. The second-order valence-electron chi connectivity index (χ2n) is 5.71. The Morgan fingerprint density at radius 3 is 2.95 bits per heavy atom. The summed E-state index contributed by atoms with van der Waals surface area (Å²) in [6.07, 6.45) is 2.07. The highest BCUT2D eigenvalue weighted by Crippen LogP contribution is 2.28. The second-order valence-corrected chi connectivity index (χ2v) is 5.71.